The van der Waals surface area contributed by atoms with E-state index in [-0.39, 0.29) is 76.3 Å². The fourth-order valence-electron chi connectivity index (χ4n) is 14.4. The molecular weight excluding hydrogens is 1250 g/mol. The Morgan fingerprint density at radius 2 is 1.22 bits per heavy atom. The van der Waals surface area contributed by atoms with E-state index in [1.807, 2.05) is 37.3 Å². The molecule has 1 unspecified atom stereocenters. The van der Waals surface area contributed by atoms with Gasteiger partial charge in [-0.05, 0) is 98.8 Å². The zero-order chi connectivity index (χ0) is 69.6. The number of aryl methyl sites for hydroxylation is 1. The highest BCUT2D eigenvalue weighted by Gasteiger charge is 2.51. The van der Waals surface area contributed by atoms with E-state index in [4.69, 9.17) is 11.6 Å². The summed E-state index contributed by atoms with van der Waals surface area (Å²) in [5, 5.41) is 8.12. The molecule has 95 heavy (non-hydrogen) atoms. The maximum Gasteiger partial charge on any atom is 0.417 e. The number of benzene rings is 2. The fourth-order valence-corrected chi connectivity index (χ4v) is 14.8. The van der Waals surface area contributed by atoms with Crippen molar-refractivity contribution in [1.82, 2.24) is 55.1 Å². The molecule has 11 amide bonds. The van der Waals surface area contributed by atoms with E-state index in [1.54, 1.807) is 14.0 Å². The van der Waals surface area contributed by atoms with Gasteiger partial charge in [-0.15, -0.1) is 0 Å². The Bertz CT molecular complexity index is 3090. The number of alkyl halides is 3. The van der Waals surface area contributed by atoms with Crippen LogP contribution in [0.2, 0.25) is 5.02 Å². The lowest BCUT2D eigenvalue weighted by Gasteiger charge is -2.42. The number of nitrogens with one attached hydrogen (secondary N) is 3. The van der Waals surface area contributed by atoms with Gasteiger partial charge in [0.05, 0.1) is 30.2 Å². The number of rotatable bonds is 10. The summed E-state index contributed by atoms with van der Waals surface area (Å²) in [6.45, 7) is 1.98. The van der Waals surface area contributed by atoms with Gasteiger partial charge >= 0.3 is 6.18 Å². The van der Waals surface area contributed by atoms with Crippen LogP contribution >= 0.6 is 11.6 Å². The van der Waals surface area contributed by atoms with E-state index in [0.29, 0.717) is 44.1 Å². The third-order valence-electron chi connectivity index (χ3n) is 20.5. The second-order valence-corrected chi connectivity index (χ2v) is 27.7. The predicted molar refractivity (Wildman–Crippen MR) is 350 cm³/mol. The molecule has 2 aromatic carbocycles. The number of hydrogen-bond donors (Lipinski definition) is 3. The van der Waals surface area contributed by atoms with Gasteiger partial charge in [0, 0.05) is 75.3 Å². The number of carbonyl (C=O) groups excluding carboxylic acids is 11. The summed E-state index contributed by atoms with van der Waals surface area (Å²) >= 11 is 6.15. The van der Waals surface area contributed by atoms with Crippen LogP contribution in [-0.2, 0) is 71.8 Å². The molecule has 0 bridgehead atoms. The number of nitrogens with zero attached hydrogens (tertiary/aromatic N) is 8. The maximum absolute atomic E-state index is 15.5. The standard InChI is InChI=1S/C69H99ClF3N11O11/c1-10-44(2)59-65(93)80(6)42-57(87)78(4)43-58(88)81(7)53(39-45-22-13-11-14-23-45)64(92)79(5)41-56(86)74-51(32-30-47-29-31-49(50(70)38-47)69(71,72)73)62(90)84-36-21-28-52(84)61(89)76-68(34-19-20-35-68)67(95)83(9)60(48-26-17-18-27-48)66(94)82(8)54(40-46-24-15-12-16-25-46)63(91)77(3)37-33-55(85)75-59/h12,15-16,24-25,29,31,38,44-45,48,51-54,59-60H,10-11,13-14,17-23,26-28,30,32-37,39-43H2,1-9H3,(H,74,86)(H,75,85)(H,76,89)/t44-,51-,52?,53-,54+,59-,60-/m0/s1. The average Bonchev–Trinajstić information content (AvgIpc) is 1.75. The lowest BCUT2D eigenvalue weighted by Crippen LogP contribution is -2.65. The molecule has 5 aliphatic rings. The summed E-state index contributed by atoms with van der Waals surface area (Å²) < 4.78 is 41.5. The van der Waals surface area contributed by atoms with Crippen LogP contribution < -0.4 is 16.0 Å². The van der Waals surface area contributed by atoms with Crippen molar-refractivity contribution in [2.45, 2.75) is 197 Å². The summed E-state index contributed by atoms with van der Waals surface area (Å²) in [6, 6.07) is 5.35. The van der Waals surface area contributed by atoms with Crippen molar-refractivity contribution in [2.75, 3.05) is 82.1 Å². The molecule has 5 fully saturated rings. The molecule has 7 atom stereocenters. The Labute approximate surface area is 562 Å². The van der Waals surface area contributed by atoms with Crippen LogP contribution in [0.5, 0.6) is 0 Å². The Balaban J connectivity index is 1.25. The molecule has 3 N–H and O–H groups in total. The van der Waals surface area contributed by atoms with Crippen molar-refractivity contribution in [1.29, 1.82) is 0 Å². The number of amides is 11. The van der Waals surface area contributed by atoms with Gasteiger partial charge in [-0.25, -0.2) is 0 Å². The number of fused-ring (bicyclic) bond motifs is 1. The van der Waals surface area contributed by atoms with Crippen LogP contribution in [0.25, 0.3) is 0 Å². The first-order chi connectivity index (χ1) is 45.0. The highest BCUT2D eigenvalue weighted by atomic mass is 35.5. The number of hydrogen-bond acceptors (Lipinski definition) is 11. The maximum atomic E-state index is 15.5. The minimum Gasteiger partial charge on any atom is -0.344 e. The smallest absolute Gasteiger partial charge is 0.344 e. The van der Waals surface area contributed by atoms with Gasteiger partial charge in [-0.3, -0.25) is 52.7 Å². The van der Waals surface area contributed by atoms with Crippen molar-refractivity contribution < 1.29 is 65.9 Å². The van der Waals surface area contributed by atoms with Crippen LogP contribution in [0.4, 0.5) is 13.2 Å². The van der Waals surface area contributed by atoms with Gasteiger partial charge in [0.25, 0.3) is 0 Å². The summed E-state index contributed by atoms with van der Waals surface area (Å²) in [5.41, 5.74) is -1.53. The zero-order valence-corrected chi connectivity index (χ0v) is 57.5. The zero-order valence-electron chi connectivity index (χ0n) is 56.8. The molecule has 3 aliphatic carbocycles. The lowest BCUT2D eigenvalue weighted by atomic mass is 9.84. The summed E-state index contributed by atoms with van der Waals surface area (Å²) in [6.07, 6.45) is 4.74. The molecule has 22 nitrogen and oxygen atoms in total. The number of carbonyl (C=O) groups is 11. The Morgan fingerprint density at radius 1 is 0.600 bits per heavy atom. The van der Waals surface area contributed by atoms with Gasteiger partial charge < -0.3 is 55.1 Å². The molecule has 2 heterocycles. The van der Waals surface area contributed by atoms with E-state index in [9.17, 15) is 46.7 Å². The molecule has 2 saturated heterocycles. The topological polar surface area (TPSA) is 250 Å². The van der Waals surface area contributed by atoms with Crippen LogP contribution in [0, 0.1) is 17.8 Å². The summed E-state index contributed by atoms with van der Waals surface area (Å²) in [4.78, 5) is 172. The molecule has 7 rings (SSSR count). The SMILES string of the molecule is CC[C@H](C)[C@@H]1NC(=O)CCN(C)C(=O)[C@@H](Cc2ccccc2)N(C)C(=O)[C@H](C2CCCC2)N(C)C(=O)C2(CCCC2)NC(=O)C2CCCN2C(=O)[C@H](CCc2ccc(C(F)(F)F)c(Cl)c2)NC(=O)CN(C)C(=O)[C@H](CC2CCCCC2)N(C)C(=O)CN(C)C(=O)CN(C)C1=O. The second kappa shape index (κ2) is 33.6. The van der Waals surface area contributed by atoms with Gasteiger partial charge in [-0.2, -0.15) is 13.2 Å². The van der Waals surface area contributed by atoms with Crippen molar-refractivity contribution >= 4 is 76.6 Å². The largest absolute Gasteiger partial charge is 0.417 e. The molecule has 1 spiro atoms. The Morgan fingerprint density at radius 3 is 1.85 bits per heavy atom. The van der Waals surface area contributed by atoms with Gasteiger partial charge in [0.1, 0.15) is 41.8 Å². The predicted octanol–water partition coefficient (Wildman–Crippen LogP) is 5.85. The molecule has 3 saturated carbocycles. The van der Waals surface area contributed by atoms with Gasteiger partial charge in [-0.1, -0.05) is 126 Å². The minimum atomic E-state index is -4.75. The highest BCUT2D eigenvalue weighted by molar-refractivity contribution is 6.31. The molecule has 0 aromatic heterocycles. The van der Waals surface area contributed by atoms with Crippen LogP contribution in [0.3, 0.4) is 0 Å². The van der Waals surface area contributed by atoms with E-state index < -0.39 is 149 Å². The lowest BCUT2D eigenvalue weighted by molar-refractivity contribution is -0.155. The van der Waals surface area contributed by atoms with Crippen molar-refractivity contribution in [3.05, 3.63) is 70.2 Å². The van der Waals surface area contributed by atoms with E-state index in [0.717, 1.165) is 72.4 Å². The minimum absolute atomic E-state index is 0.0358. The molecule has 2 aromatic rings. The fraction of sp³-hybridized carbons (Fsp3) is 0.667. The first-order valence-corrected chi connectivity index (χ1v) is 34.2. The number of likely N-dealkylation sites (N-methyl/N-ethyl adjacent to an activating group) is 7. The van der Waals surface area contributed by atoms with Crippen molar-refractivity contribution in [2.24, 2.45) is 17.8 Å². The van der Waals surface area contributed by atoms with Crippen LogP contribution in [-0.4, -0.2) is 228 Å². The molecular formula is C69H99ClF3N11O11. The third-order valence-corrected chi connectivity index (χ3v) is 20.9. The van der Waals surface area contributed by atoms with Gasteiger partial charge in [0.15, 0.2) is 0 Å². The molecule has 26 heteroatoms. The van der Waals surface area contributed by atoms with Crippen molar-refractivity contribution in [3.8, 4) is 0 Å². The molecule has 0 radical (unpaired) electrons. The van der Waals surface area contributed by atoms with Crippen LogP contribution in [0.15, 0.2) is 48.5 Å². The summed E-state index contributed by atoms with van der Waals surface area (Å²) in [7, 11) is 10.2. The second-order valence-electron chi connectivity index (χ2n) is 27.3. The number of halogens is 4. The Kier molecular flexibility index (Phi) is 26.5. The summed E-state index contributed by atoms with van der Waals surface area (Å²) in [5.74, 6) is -7.30. The monoisotopic (exact) mass is 1350 g/mol. The van der Waals surface area contributed by atoms with Gasteiger partial charge in [0.2, 0.25) is 65.0 Å². The van der Waals surface area contributed by atoms with Crippen LogP contribution in [0.1, 0.15) is 153 Å². The quantitative estimate of drug-likeness (QED) is 0.255. The third kappa shape index (κ3) is 19.0. The molecule has 2 aliphatic heterocycles. The highest BCUT2D eigenvalue weighted by Crippen LogP contribution is 2.38. The van der Waals surface area contributed by atoms with E-state index in [1.165, 1.54) is 77.8 Å². The Hall–Kier alpha value is -7.31. The van der Waals surface area contributed by atoms with E-state index in [2.05, 4.69) is 16.0 Å². The first kappa shape index (κ1) is 75.1. The normalized spacial score (nSPS) is 25.8. The van der Waals surface area contributed by atoms with Crippen molar-refractivity contribution in [3.63, 3.8) is 0 Å². The average molecular weight is 1350 g/mol. The van der Waals surface area contributed by atoms with E-state index >= 15 is 19.2 Å². The molecule has 524 valence electrons. The first-order valence-electron chi connectivity index (χ1n) is 33.9.